The van der Waals surface area contributed by atoms with E-state index in [4.69, 9.17) is 0 Å². The van der Waals surface area contributed by atoms with Gasteiger partial charge in [-0.1, -0.05) is 25.3 Å². The van der Waals surface area contributed by atoms with Gasteiger partial charge < -0.3 is 10.2 Å². The molecule has 0 spiro atoms. The molecule has 0 bridgehead atoms. The highest BCUT2D eigenvalue weighted by Gasteiger charge is 2.24. The molecule has 0 radical (unpaired) electrons. The zero-order chi connectivity index (χ0) is 9.14. The SMILES string of the molecule is C=C/C=C1/C[C@@H](O)C[C@H](O)C1=C. The van der Waals surface area contributed by atoms with E-state index in [-0.39, 0.29) is 0 Å². The van der Waals surface area contributed by atoms with E-state index in [0.29, 0.717) is 18.4 Å². The van der Waals surface area contributed by atoms with E-state index in [9.17, 15) is 10.2 Å². The summed E-state index contributed by atoms with van der Waals surface area (Å²) in [6.45, 7) is 7.31. The minimum atomic E-state index is -0.597. The highest BCUT2D eigenvalue weighted by molar-refractivity contribution is 5.36. The van der Waals surface area contributed by atoms with E-state index in [1.54, 1.807) is 12.2 Å². The van der Waals surface area contributed by atoms with Crippen molar-refractivity contribution in [3.8, 4) is 0 Å². The third kappa shape index (κ3) is 1.84. The molecule has 66 valence electrons. The van der Waals surface area contributed by atoms with Crippen LogP contribution in [0.25, 0.3) is 0 Å². The first kappa shape index (κ1) is 9.23. The Morgan fingerprint density at radius 2 is 2.08 bits per heavy atom. The number of aliphatic hydroxyl groups excluding tert-OH is 2. The molecule has 0 aromatic heterocycles. The molecular weight excluding hydrogens is 152 g/mol. The lowest BCUT2D eigenvalue weighted by atomic mass is 9.86. The van der Waals surface area contributed by atoms with Crippen molar-refractivity contribution < 1.29 is 10.2 Å². The van der Waals surface area contributed by atoms with Crippen molar-refractivity contribution in [1.29, 1.82) is 0 Å². The largest absolute Gasteiger partial charge is 0.393 e. The van der Waals surface area contributed by atoms with Gasteiger partial charge in [-0.3, -0.25) is 0 Å². The maximum absolute atomic E-state index is 9.41. The fraction of sp³-hybridized carbons (Fsp3) is 0.400. The molecule has 1 aliphatic carbocycles. The van der Waals surface area contributed by atoms with Crippen molar-refractivity contribution in [2.75, 3.05) is 0 Å². The summed E-state index contributed by atoms with van der Waals surface area (Å²) < 4.78 is 0. The number of allylic oxidation sites excluding steroid dienone is 2. The van der Waals surface area contributed by atoms with Crippen LogP contribution >= 0.6 is 0 Å². The molecule has 0 aliphatic heterocycles. The van der Waals surface area contributed by atoms with Gasteiger partial charge in [0.2, 0.25) is 0 Å². The third-order valence-electron chi connectivity index (χ3n) is 2.08. The van der Waals surface area contributed by atoms with Gasteiger partial charge in [-0.25, -0.2) is 0 Å². The number of hydrogen-bond donors (Lipinski definition) is 2. The molecule has 0 heterocycles. The van der Waals surface area contributed by atoms with Gasteiger partial charge in [0, 0.05) is 6.42 Å². The van der Waals surface area contributed by atoms with Crippen LogP contribution in [0.5, 0.6) is 0 Å². The summed E-state index contributed by atoms with van der Waals surface area (Å²) >= 11 is 0. The zero-order valence-electron chi connectivity index (χ0n) is 7.03. The second-order valence-electron chi connectivity index (χ2n) is 3.06. The smallest absolute Gasteiger partial charge is 0.0811 e. The van der Waals surface area contributed by atoms with Crippen molar-refractivity contribution in [2.24, 2.45) is 0 Å². The fourth-order valence-electron chi connectivity index (χ4n) is 1.40. The zero-order valence-corrected chi connectivity index (χ0v) is 7.03. The summed E-state index contributed by atoms with van der Waals surface area (Å²) in [4.78, 5) is 0. The van der Waals surface area contributed by atoms with Gasteiger partial charge >= 0.3 is 0 Å². The van der Waals surface area contributed by atoms with Crippen LogP contribution in [0.3, 0.4) is 0 Å². The second kappa shape index (κ2) is 3.70. The maximum Gasteiger partial charge on any atom is 0.0811 e. The Morgan fingerprint density at radius 3 is 2.67 bits per heavy atom. The Bertz CT molecular complexity index is 228. The molecule has 0 aromatic carbocycles. The van der Waals surface area contributed by atoms with Crippen LogP contribution in [0.2, 0.25) is 0 Å². The van der Waals surface area contributed by atoms with Crippen LogP contribution < -0.4 is 0 Å². The summed E-state index contributed by atoms with van der Waals surface area (Å²) in [5.74, 6) is 0. The number of aliphatic hydroxyl groups is 2. The standard InChI is InChI=1S/C10H14O2/c1-3-4-8-5-9(11)6-10(12)7(8)2/h3-4,9-12H,1-2,5-6H2/b8-4-/t9-,10+/m1/s1. The van der Waals surface area contributed by atoms with Crippen LogP contribution in [0.1, 0.15) is 12.8 Å². The Hall–Kier alpha value is -0.860. The lowest BCUT2D eigenvalue weighted by Gasteiger charge is -2.26. The molecule has 2 N–H and O–H groups in total. The number of rotatable bonds is 1. The molecule has 1 saturated carbocycles. The molecule has 12 heavy (non-hydrogen) atoms. The molecule has 0 unspecified atom stereocenters. The molecule has 1 rings (SSSR count). The average Bonchev–Trinajstić information content (AvgIpc) is 2.00. The number of hydrogen-bond acceptors (Lipinski definition) is 2. The fourth-order valence-corrected chi connectivity index (χ4v) is 1.40. The van der Waals surface area contributed by atoms with Gasteiger partial charge in [-0.15, -0.1) is 0 Å². The lowest BCUT2D eigenvalue weighted by Crippen LogP contribution is -2.26. The third-order valence-corrected chi connectivity index (χ3v) is 2.08. The first-order valence-corrected chi connectivity index (χ1v) is 4.02. The molecule has 0 saturated heterocycles. The summed E-state index contributed by atoms with van der Waals surface area (Å²) in [6, 6.07) is 0. The normalized spacial score (nSPS) is 33.8. The monoisotopic (exact) mass is 166 g/mol. The van der Waals surface area contributed by atoms with Crippen molar-refractivity contribution in [2.45, 2.75) is 25.0 Å². The minimum Gasteiger partial charge on any atom is -0.393 e. The van der Waals surface area contributed by atoms with Gasteiger partial charge in [-0.2, -0.15) is 0 Å². The molecule has 2 atom stereocenters. The van der Waals surface area contributed by atoms with E-state index in [2.05, 4.69) is 13.2 Å². The van der Waals surface area contributed by atoms with Crippen LogP contribution in [-0.2, 0) is 0 Å². The Balaban J connectivity index is 2.79. The van der Waals surface area contributed by atoms with Gasteiger partial charge in [0.05, 0.1) is 12.2 Å². The van der Waals surface area contributed by atoms with Crippen molar-refractivity contribution in [1.82, 2.24) is 0 Å². The first-order chi connectivity index (χ1) is 5.65. The minimum absolute atomic E-state index is 0.396. The topological polar surface area (TPSA) is 40.5 Å². The second-order valence-corrected chi connectivity index (χ2v) is 3.06. The summed E-state index contributed by atoms with van der Waals surface area (Å²) in [6.07, 6.45) is 3.35. The van der Waals surface area contributed by atoms with Crippen molar-refractivity contribution in [3.63, 3.8) is 0 Å². The molecule has 0 amide bonds. The molecular formula is C10H14O2. The van der Waals surface area contributed by atoms with E-state index >= 15 is 0 Å². The van der Waals surface area contributed by atoms with Crippen LogP contribution in [0, 0.1) is 0 Å². The highest BCUT2D eigenvalue weighted by Crippen LogP contribution is 2.27. The van der Waals surface area contributed by atoms with Gasteiger partial charge in [0.1, 0.15) is 0 Å². The van der Waals surface area contributed by atoms with Crippen molar-refractivity contribution in [3.05, 3.63) is 36.5 Å². The van der Waals surface area contributed by atoms with Crippen molar-refractivity contribution >= 4 is 0 Å². The molecule has 2 nitrogen and oxygen atoms in total. The average molecular weight is 166 g/mol. The van der Waals surface area contributed by atoms with E-state index in [1.165, 1.54) is 0 Å². The Morgan fingerprint density at radius 1 is 1.42 bits per heavy atom. The lowest BCUT2D eigenvalue weighted by molar-refractivity contribution is 0.0862. The Kier molecular flexibility index (Phi) is 2.84. The van der Waals surface area contributed by atoms with Crippen LogP contribution in [-0.4, -0.2) is 22.4 Å². The van der Waals surface area contributed by atoms with Crippen LogP contribution in [0.4, 0.5) is 0 Å². The quantitative estimate of drug-likeness (QED) is 0.614. The van der Waals surface area contributed by atoms with Gasteiger partial charge in [0.15, 0.2) is 0 Å². The van der Waals surface area contributed by atoms with Crippen LogP contribution in [0.15, 0.2) is 36.5 Å². The van der Waals surface area contributed by atoms with Gasteiger partial charge in [0.25, 0.3) is 0 Å². The molecule has 1 aliphatic rings. The summed E-state index contributed by atoms with van der Waals surface area (Å²) in [5, 5.41) is 18.7. The highest BCUT2D eigenvalue weighted by atomic mass is 16.3. The molecule has 2 heteroatoms. The predicted octanol–water partition coefficient (Wildman–Crippen LogP) is 1.17. The Labute approximate surface area is 72.5 Å². The predicted molar refractivity (Wildman–Crippen MR) is 48.7 cm³/mol. The molecule has 1 fully saturated rings. The van der Waals surface area contributed by atoms with Gasteiger partial charge in [-0.05, 0) is 17.6 Å². The maximum atomic E-state index is 9.41. The summed E-state index contributed by atoms with van der Waals surface area (Å²) in [7, 11) is 0. The summed E-state index contributed by atoms with van der Waals surface area (Å²) in [5.41, 5.74) is 1.61. The molecule has 0 aromatic rings. The first-order valence-electron chi connectivity index (χ1n) is 4.02. The van der Waals surface area contributed by atoms with E-state index in [1.807, 2.05) is 0 Å². The van der Waals surface area contributed by atoms with E-state index in [0.717, 1.165) is 5.57 Å². The van der Waals surface area contributed by atoms with E-state index < -0.39 is 12.2 Å².